The van der Waals surface area contributed by atoms with Gasteiger partial charge in [-0.15, -0.1) is 11.6 Å². The standard InChI is InChI=1S/C13H17BrClN/c14-12-6-4-5-11(9-12)13(15)10-16-7-2-1-3-8-16/h4-6,9,13H,1-3,7-8,10H2. The van der Waals surface area contributed by atoms with Crippen molar-refractivity contribution in [3.8, 4) is 0 Å². The maximum Gasteiger partial charge on any atom is 0.0712 e. The Labute approximate surface area is 111 Å². The van der Waals surface area contributed by atoms with Gasteiger partial charge in [0.25, 0.3) is 0 Å². The summed E-state index contributed by atoms with van der Waals surface area (Å²) < 4.78 is 1.11. The number of rotatable bonds is 3. The molecule has 0 bridgehead atoms. The molecule has 1 nitrogen and oxygen atoms in total. The van der Waals surface area contributed by atoms with Gasteiger partial charge in [0.05, 0.1) is 5.38 Å². The van der Waals surface area contributed by atoms with Crippen molar-refractivity contribution >= 4 is 27.5 Å². The number of benzene rings is 1. The van der Waals surface area contributed by atoms with Gasteiger partial charge in [0, 0.05) is 11.0 Å². The number of nitrogens with zero attached hydrogens (tertiary/aromatic N) is 1. The minimum Gasteiger partial charge on any atom is -0.302 e. The van der Waals surface area contributed by atoms with Gasteiger partial charge >= 0.3 is 0 Å². The summed E-state index contributed by atoms with van der Waals surface area (Å²) in [6.07, 6.45) is 4.02. The van der Waals surface area contributed by atoms with Gasteiger partial charge in [-0.3, -0.25) is 0 Å². The molecule has 0 amide bonds. The first-order valence-corrected chi connectivity index (χ1v) is 7.10. The van der Waals surface area contributed by atoms with Gasteiger partial charge in [0.15, 0.2) is 0 Å². The van der Waals surface area contributed by atoms with E-state index in [0.29, 0.717) is 0 Å². The van der Waals surface area contributed by atoms with Crippen molar-refractivity contribution in [1.29, 1.82) is 0 Å². The van der Waals surface area contributed by atoms with Crippen molar-refractivity contribution in [2.24, 2.45) is 0 Å². The second-order valence-corrected chi connectivity index (χ2v) is 5.83. The summed E-state index contributed by atoms with van der Waals surface area (Å²) in [6, 6.07) is 8.30. The molecule has 0 radical (unpaired) electrons. The molecule has 1 fully saturated rings. The molecule has 1 unspecified atom stereocenters. The largest absolute Gasteiger partial charge is 0.302 e. The molecule has 2 rings (SSSR count). The highest BCUT2D eigenvalue weighted by Crippen LogP contribution is 2.25. The Kier molecular flexibility index (Phi) is 4.68. The molecule has 1 saturated heterocycles. The smallest absolute Gasteiger partial charge is 0.0712 e. The summed E-state index contributed by atoms with van der Waals surface area (Å²) in [4.78, 5) is 2.47. The number of halogens is 2. The van der Waals surface area contributed by atoms with Crippen LogP contribution in [0.1, 0.15) is 30.2 Å². The van der Waals surface area contributed by atoms with Crippen molar-refractivity contribution in [3.05, 3.63) is 34.3 Å². The molecule has 0 N–H and O–H groups in total. The van der Waals surface area contributed by atoms with Crippen LogP contribution < -0.4 is 0 Å². The monoisotopic (exact) mass is 301 g/mol. The van der Waals surface area contributed by atoms with E-state index in [1.807, 2.05) is 12.1 Å². The van der Waals surface area contributed by atoms with Crippen LogP contribution >= 0.6 is 27.5 Å². The first-order chi connectivity index (χ1) is 7.75. The summed E-state index contributed by atoms with van der Waals surface area (Å²) >= 11 is 9.93. The summed E-state index contributed by atoms with van der Waals surface area (Å²) in [5.41, 5.74) is 1.21. The lowest BCUT2D eigenvalue weighted by molar-refractivity contribution is 0.229. The minimum absolute atomic E-state index is 0.107. The van der Waals surface area contributed by atoms with E-state index in [9.17, 15) is 0 Å². The zero-order valence-corrected chi connectivity index (χ0v) is 11.7. The van der Waals surface area contributed by atoms with Gasteiger partial charge < -0.3 is 4.90 Å². The Bertz CT molecular complexity index is 336. The van der Waals surface area contributed by atoms with E-state index in [1.165, 1.54) is 37.9 Å². The molecule has 0 spiro atoms. The highest BCUT2D eigenvalue weighted by Gasteiger charge is 2.15. The third-order valence-corrected chi connectivity index (χ3v) is 3.96. The molecular formula is C13H17BrClN. The van der Waals surface area contributed by atoms with E-state index in [4.69, 9.17) is 11.6 Å². The Hall–Kier alpha value is -0.0500. The summed E-state index contributed by atoms with van der Waals surface area (Å²) in [5.74, 6) is 0. The van der Waals surface area contributed by atoms with E-state index < -0.39 is 0 Å². The maximum atomic E-state index is 6.45. The zero-order valence-electron chi connectivity index (χ0n) is 9.33. The average molecular weight is 303 g/mol. The van der Waals surface area contributed by atoms with Crippen LogP contribution in [0.3, 0.4) is 0 Å². The van der Waals surface area contributed by atoms with Crippen molar-refractivity contribution < 1.29 is 0 Å². The molecule has 88 valence electrons. The Morgan fingerprint density at radius 2 is 2.00 bits per heavy atom. The first kappa shape index (κ1) is 12.4. The third-order valence-electron chi connectivity index (χ3n) is 3.08. The molecule has 1 aromatic carbocycles. The molecule has 3 heteroatoms. The normalized spacial score (nSPS) is 19.6. The van der Waals surface area contributed by atoms with Gasteiger partial charge in [-0.05, 0) is 43.6 Å². The topological polar surface area (TPSA) is 3.24 Å². The van der Waals surface area contributed by atoms with E-state index in [-0.39, 0.29) is 5.38 Å². The molecule has 0 saturated carbocycles. The highest BCUT2D eigenvalue weighted by molar-refractivity contribution is 9.10. The van der Waals surface area contributed by atoms with Crippen LogP contribution in [-0.2, 0) is 0 Å². The van der Waals surface area contributed by atoms with Crippen LogP contribution in [-0.4, -0.2) is 24.5 Å². The molecule has 16 heavy (non-hydrogen) atoms. The second-order valence-electron chi connectivity index (χ2n) is 4.38. The van der Waals surface area contributed by atoms with E-state index in [0.717, 1.165) is 11.0 Å². The first-order valence-electron chi connectivity index (χ1n) is 5.87. The molecule has 1 aromatic rings. The van der Waals surface area contributed by atoms with Gasteiger partial charge in [-0.1, -0.05) is 34.5 Å². The van der Waals surface area contributed by atoms with Crippen LogP contribution in [0.2, 0.25) is 0 Å². The maximum absolute atomic E-state index is 6.45. The minimum atomic E-state index is 0.107. The number of hydrogen-bond donors (Lipinski definition) is 0. The number of likely N-dealkylation sites (tertiary alicyclic amines) is 1. The average Bonchev–Trinajstić information content (AvgIpc) is 2.30. The molecule has 0 aliphatic carbocycles. The van der Waals surface area contributed by atoms with Crippen LogP contribution in [0.5, 0.6) is 0 Å². The number of alkyl halides is 1. The fraction of sp³-hybridized carbons (Fsp3) is 0.538. The summed E-state index contributed by atoms with van der Waals surface area (Å²) in [7, 11) is 0. The van der Waals surface area contributed by atoms with Crippen LogP contribution in [0, 0.1) is 0 Å². The Morgan fingerprint density at radius 1 is 1.25 bits per heavy atom. The molecule has 0 aromatic heterocycles. The lowest BCUT2D eigenvalue weighted by Crippen LogP contribution is -2.32. The van der Waals surface area contributed by atoms with Gasteiger partial charge in [0.2, 0.25) is 0 Å². The highest BCUT2D eigenvalue weighted by atomic mass is 79.9. The molecule has 1 heterocycles. The van der Waals surface area contributed by atoms with Crippen molar-refractivity contribution in [2.75, 3.05) is 19.6 Å². The van der Waals surface area contributed by atoms with Crippen LogP contribution in [0.4, 0.5) is 0 Å². The number of hydrogen-bond acceptors (Lipinski definition) is 1. The van der Waals surface area contributed by atoms with Gasteiger partial charge in [0.1, 0.15) is 0 Å². The fourth-order valence-corrected chi connectivity index (χ4v) is 2.92. The van der Waals surface area contributed by atoms with Crippen molar-refractivity contribution in [1.82, 2.24) is 4.90 Å². The van der Waals surface area contributed by atoms with E-state index in [2.05, 4.69) is 33.0 Å². The lowest BCUT2D eigenvalue weighted by Gasteiger charge is -2.28. The third kappa shape index (κ3) is 3.47. The lowest BCUT2D eigenvalue weighted by atomic mass is 10.1. The van der Waals surface area contributed by atoms with Crippen molar-refractivity contribution in [3.63, 3.8) is 0 Å². The summed E-state index contributed by atoms with van der Waals surface area (Å²) in [6.45, 7) is 3.38. The predicted octanol–water partition coefficient (Wildman–Crippen LogP) is 4.21. The Morgan fingerprint density at radius 3 is 2.69 bits per heavy atom. The predicted molar refractivity (Wildman–Crippen MR) is 73.0 cm³/mol. The van der Waals surface area contributed by atoms with E-state index in [1.54, 1.807) is 0 Å². The van der Waals surface area contributed by atoms with Gasteiger partial charge in [-0.25, -0.2) is 0 Å². The molecule has 1 aliphatic rings. The van der Waals surface area contributed by atoms with Crippen LogP contribution in [0.25, 0.3) is 0 Å². The van der Waals surface area contributed by atoms with E-state index >= 15 is 0 Å². The molecule has 1 atom stereocenters. The second kappa shape index (κ2) is 6.04. The SMILES string of the molecule is ClC(CN1CCCCC1)c1cccc(Br)c1. The zero-order chi connectivity index (χ0) is 11.4. The summed E-state index contributed by atoms with van der Waals surface area (Å²) in [5, 5.41) is 0.107. The fourth-order valence-electron chi connectivity index (χ4n) is 2.18. The molecule has 1 aliphatic heterocycles. The molecular weight excluding hydrogens is 286 g/mol. The van der Waals surface area contributed by atoms with Crippen molar-refractivity contribution in [2.45, 2.75) is 24.6 Å². The number of piperidine rings is 1. The van der Waals surface area contributed by atoms with Gasteiger partial charge in [-0.2, -0.15) is 0 Å². The quantitative estimate of drug-likeness (QED) is 0.756. The van der Waals surface area contributed by atoms with Crippen LogP contribution in [0.15, 0.2) is 28.7 Å². The Balaban J connectivity index is 1.94.